The van der Waals surface area contributed by atoms with Gasteiger partial charge in [-0.05, 0) is 40.8 Å². The molecule has 0 aliphatic carbocycles. The van der Waals surface area contributed by atoms with Crippen molar-refractivity contribution in [1.82, 2.24) is 10.2 Å². The quantitative estimate of drug-likeness (QED) is 0.697. The van der Waals surface area contributed by atoms with Crippen molar-refractivity contribution in [2.45, 2.75) is 32.6 Å². The molecule has 3 aromatic rings. The predicted molar refractivity (Wildman–Crippen MR) is 101 cm³/mol. The number of halogens is 1. The van der Waals surface area contributed by atoms with E-state index in [1.165, 1.54) is 17.7 Å². The standard InChI is InChI=1S/C20H21FN4O2/c1-20(2,3)14-6-10-16(11-7-14)22-18(26)23-19-25-24-17(27-19)12-13-4-8-15(21)9-5-13/h4-11H,12H2,1-3H3,(H2,22,23,25,26). The molecule has 2 N–H and O–H groups in total. The number of anilines is 2. The summed E-state index contributed by atoms with van der Waals surface area (Å²) < 4.78 is 18.3. The van der Waals surface area contributed by atoms with Gasteiger partial charge in [-0.1, -0.05) is 50.1 Å². The second-order valence-corrected chi connectivity index (χ2v) is 7.21. The highest BCUT2D eigenvalue weighted by Gasteiger charge is 2.14. The van der Waals surface area contributed by atoms with Gasteiger partial charge in [-0.25, -0.2) is 9.18 Å². The zero-order valence-electron chi connectivity index (χ0n) is 15.4. The maximum Gasteiger partial charge on any atom is 0.327 e. The summed E-state index contributed by atoms with van der Waals surface area (Å²) in [6, 6.07) is 13.2. The van der Waals surface area contributed by atoms with Crippen LogP contribution in [0.5, 0.6) is 0 Å². The first-order valence-corrected chi connectivity index (χ1v) is 8.55. The highest BCUT2D eigenvalue weighted by Crippen LogP contribution is 2.23. The third kappa shape index (κ3) is 5.13. The van der Waals surface area contributed by atoms with Crippen molar-refractivity contribution in [2.75, 3.05) is 10.6 Å². The van der Waals surface area contributed by atoms with Gasteiger partial charge in [0.15, 0.2) is 0 Å². The first-order chi connectivity index (χ1) is 12.8. The fraction of sp³-hybridized carbons (Fsp3) is 0.250. The second kappa shape index (κ2) is 7.57. The van der Waals surface area contributed by atoms with Gasteiger partial charge in [-0.15, -0.1) is 5.10 Å². The molecule has 0 saturated carbocycles. The van der Waals surface area contributed by atoms with Crippen molar-refractivity contribution in [3.8, 4) is 0 Å². The number of rotatable bonds is 4. The average molecular weight is 368 g/mol. The predicted octanol–water partition coefficient (Wildman–Crippen LogP) is 4.74. The van der Waals surface area contributed by atoms with E-state index >= 15 is 0 Å². The topological polar surface area (TPSA) is 80.0 Å². The van der Waals surface area contributed by atoms with Crippen LogP contribution in [-0.4, -0.2) is 16.2 Å². The molecule has 27 heavy (non-hydrogen) atoms. The average Bonchev–Trinajstić information content (AvgIpc) is 3.03. The molecular weight excluding hydrogens is 347 g/mol. The SMILES string of the molecule is CC(C)(C)c1ccc(NC(=O)Nc2nnc(Cc3ccc(F)cc3)o2)cc1. The lowest BCUT2D eigenvalue weighted by atomic mass is 9.87. The van der Waals surface area contributed by atoms with E-state index in [1.54, 1.807) is 12.1 Å². The molecule has 0 bridgehead atoms. The lowest BCUT2D eigenvalue weighted by Crippen LogP contribution is -2.19. The zero-order valence-corrected chi connectivity index (χ0v) is 15.4. The molecule has 0 fully saturated rings. The van der Waals surface area contributed by atoms with Crippen molar-refractivity contribution in [3.05, 3.63) is 71.4 Å². The number of benzene rings is 2. The Kier molecular flexibility index (Phi) is 5.21. The minimum absolute atomic E-state index is 0.00377. The van der Waals surface area contributed by atoms with E-state index in [0.717, 1.165) is 5.56 Å². The number of urea groups is 1. The number of carbonyl (C=O) groups is 1. The van der Waals surface area contributed by atoms with Gasteiger partial charge in [0.1, 0.15) is 5.82 Å². The first kappa shape index (κ1) is 18.6. The number of nitrogens with one attached hydrogen (secondary N) is 2. The summed E-state index contributed by atoms with van der Waals surface area (Å²) in [5, 5.41) is 12.9. The molecule has 0 saturated heterocycles. The van der Waals surface area contributed by atoms with Crippen LogP contribution in [0, 0.1) is 5.82 Å². The molecule has 0 aliphatic rings. The maximum atomic E-state index is 12.9. The number of nitrogens with zero attached hydrogens (tertiary/aromatic N) is 2. The summed E-state index contributed by atoms with van der Waals surface area (Å²) in [4.78, 5) is 12.1. The lowest BCUT2D eigenvalue weighted by molar-refractivity contribution is 0.261. The van der Waals surface area contributed by atoms with E-state index in [1.807, 2.05) is 24.3 Å². The van der Waals surface area contributed by atoms with Crippen LogP contribution in [0.2, 0.25) is 0 Å². The number of amides is 2. The Balaban J connectivity index is 1.57. The maximum absolute atomic E-state index is 12.9. The van der Waals surface area contributed by atoms with Crippen molar-refractivity contribution in [3.63, 3.8) is 0 Å². The Bertz CT molecular complexity index is 912. The number of carbonyl (C=O) groups excluding carboxylic acids is 1. The Morgan fingerprint density at radius 3 is 2.30 bits per heavy atom. The van der Waals surface area contributed by atoms with Gasteiger partial charge in [0, 0.05) is 5.69 Å². The number of aromatic nitrogens is 2. The van der Waals surface area contributed by atoms with Crippen LogP contribution in [-0.2, 0) is 11.8 Å². The molecule has 0 aliphatic heterocycles. The summed E-state index contributed by atoms with van der Waals surface area (Å²) in [5.74, 6) is 0.0188. The molecule has 0 spiro atoms. The van der Waals surface area contributed by atoms with Crippen LogP contribution in [0.1, 0.15) is 37.8 Å². The van der Waals surface area contributed by atoms with Crippen LogP contribution in [0.25, 0.3) is 0 Å². The third-order valence-electron chi connectivity index (χ3n) is 3.96. The van der Waals surface area contributed by atoms with Gasteiger partial charge in [-0.3, -0.25) is 5.32 Å². The molecule has 1 aromatic heterocycles. The molecule has 1 heterocycles. The minimum Gasteiger partial charge on any atom is -0.407 e. The molecule has 0 radical (unpaired) electrons. The smallest absolute Gasteiger partial charge is 0.327 e. The van der Waals surface area contributed by atoms with Crippen LogP contribution in [0.4, 0.5) is 20.9 Å². The molecule has 2 aromatic carbocycles. The minimum atomic E-state index is -0.476. The highest BCUT2D eigenvalue weighted by molar-refractivity contribution is 5.98. The molecule has 0 atom stereocenters. The normalized spacial score (nSPS) is 11.3. The molecule has 0 unspecified atom stereocenters. The van der Waals surface area contributed by atoms with Crippen molar-refractivity contribution in [1.29, 1.82) is 0 Å². The largest absolute Gasteiger partial charge is 0.407 e. The Hall–Kier alpha value is -3.22. The number of hydrogen-bond acceptors (Lipinski definition) is 4. The Labute approximate surface area is 156 Å². The van der Waals surface area contributed by atoms with Crippen LogP contribution in [0.3, 0.4) is 0 Å². The summed E-state index contributed by atoms with van der Waals surface area (Å²) >= 11 is 0. The second-order valence-electron chi connectivity index (χ2n) is 7.21. The van der Waals surface area contributed by atoms with E-state index in [4.69, 9.17) is 4.42 Å². The van der Waals surface area contributed by atoms with E-state index in [2.05, 4.69) is 41.6 Å². The summed E-state index contributed by atoms with van der Waals surface area (Å²) in [6.07, 6.45) is 0.352. The summed E-state index contributed by atoms with van der Waals surface area (Å²) in [7, 11) is 0. The van der Waals surface area contributed by atoms with Crippen LogP contribution < -0.4 is 10.6 Å². The van der Waals surface area contributed by atoms with E-state index in [-0.39, 0.29) is 17.2 Å². The van der Waals surface area contributed by atoms with Gasteiger partial charge >= 0.3 is 12.0 Å². The fourth-order valence-corrected chi connectivity index (χ4v) is 2.47. The Morgan fingerprint density at radius 1 is 1.00 bits per heavy atom. The van der Waals surface area contributed by atoms with E-state index < -0.39 is 6.03 Å². The summed E-state index contributed by atoms with van der Waals surface area (Å²) in [6.45, 7) is 6.38. The molecule has 6 nitrogen and oxygen atoms in total. The molecule has 2 amide bonds. The fourth-order valence-electron chi connectivity index (χ4n) is 2.47. The Morgan fingerprint density at radius 2 is 1.67 bits per heavy atom. The van der Waals surface area contributed by atoms with Crippen LogP contribution >= 0.6 is 0 Å². The van der Waals surface area contributed by atoms with Crippen LogP contribution in [0.15, 0.2) is 52.9 Å². The van der Waals surface area contributed by atoms with E-state index in [0.29, 0.717) is 18.0 Å². The van der Waals surface area contributed by atoms with Gasteiger partial charge in [0.2, 0.25) is 5.89 Å². The summed E-state index contributed by atoms with van der Waals surface area (Å²) in [5.41, 5.74) is 2.71. The van der Waals surface area contributed by atoms with Gasteiger partial charge < -0.3 is 9.73 Å². The molecular formula is C20H21FN4O2. The first-order valence-electron chi connectivity index (χ1n) is 8.55. The van der Waals surface area contributed by atoms with Gasteiger partial charge in [-0.2, -0.15) is 0 Å². The monoisotopic (exact) mass is 368 g/mol. The van der Waals surface area contributed by atoms with Gasteiger partial charge in [0.05, 0.1) is 6.42 Å². The van der Waals surface area contributed by atoms with Crippen molar-refractivity contribution in [2.24, 2.45) is 0 Å². The van der Waals surface area contributed by atoms with E-state index in [9.17, 15) is 9.18 Å². The molecule has 3 rings (SSSR count). The number of hydrogen-bond donors (Lipinski definition) is 2. The highest BCUT2D eigenvalue weighted by atomic mass is 19.1. The zero-order chi connectivity index (χ0) is 19.4. The third-order valence-corrected chi connectivity index (χ3v) is 3.96. The van der Waals surface area contributed by atoms with Gasteiger partial charge in [0.25, 0.3) is 0 Å². The van der Waals surface area contributed by atoms with Crippen molar-refractivity contribution < 1.29 is 13.6 Å². The molecule has 7 heteroatoms. The molecule has 140 valence electrons. The van der Waals surface area contributed by atoms with Crippen molar-refractivity contribution >= 4 is 17.7 Å². The lowest BCUT2D eigenvalue weighted by Gasteiger charge is -2.19.